The van der Waals surface area contributed by atoms with E-state index in [1.165, 1.54) is 0 Å². The topological polar surface area (TPSA) is 25.8 Å². The third-order valence-corrected chi connectivity index (χ3v) is 3.08. The summed E-state index contributed by atoms with van der Waals surface area (Å²) in [5.74, 6) is 0. The molecule has 0 aromatic carbocycles. The number of alkyl halides is 1. The van der Waals surface area contributed by atoms with Crippen molar-refractivity contribution in [2.75, 3.05) is 5.33 Å². The van der Waals surface area contributed by atoms with Crippen molar-refractivity contribution in [3.05, 3.63) is 24.3 Å². The van der Waals surface area contributed by atoms with Crippen LogP contribution in [0.25, 0.3) is 0 Å². The van der Waals surface area contributed by atoms with Crippen LogP contribution in [0.15, 0.2) is 18.7 Å². The Morgan fingerprint density at radius 1 is 1.36 bits per heavy atom. The first-order chi connectivity index (χ1) is 5.17. The molecule has 0 unspecified atom stereocenters. The van der Waals surface area contributed by atoms with Crippen molar-refractivity contribution in [3.8, 4) is 0 Å². The van der Waals surface area contributed by atoms with Gasteiger partial charge in [0.15, 0.2) is 0 Å². The molecule has 1 aromatic heterocycles. The molecule has 0 spiro atoms. The minimum absolute atomic E-state index is 0.126. The molecule has 1 rings (SSSR count). The quantitative estimate of drug-likeness (QED) is 0.706. The van der Waals surface area contributed by atoms with Crippen molar-refractivity contribution in [3.63, 3.8) is 0 Å². The van der Waals surface area contributed by atoms with E-state index in [-0.39, 0.29) is 5.41 Å². The molecule has 0 aliphatic rings. The van der Waals surface area contributed by atoms with Crippen molar-refractivity contribution >= 4 is 15.9 Å². The molecule has 60 valence electrons. The zero-order valence-corrected chi connectivity index (χ0v) is 8.30. The standard InChI is InChI=1S/C8H11BrN2/c1-8(2,5-9)7-3-10-6-11-4-7/h3-4,6H,5H2,1-2H3. The largest absolute Gasteiger partial charge is 0.245 e. The molecule has 0 amide bonds. The summed E-state index contributed by atoms with van der Waals surface area (Å²) >= 11 is 3.45. The molecule has 1 heterocycles. The van der Waals surface area contributed by atoms with E-state index < -0.39 is 0 Å². The number of rotatable bonds is 2. The Morgan fingerprint density at radius 2 is 1.91 bits per heavy atom. The molecule has 0 aliphatic heterocycles. The van der Waals surface area contributed by atoms with Gasteiger partial charge < -0.3 is 0 Å². The maximum Gasteiger partial charge on any atom is 0.115 e. The van der Waals surface area contributed by atoms with E-state index in [9.17, 15) is 0 Å². The first-order valence-electron chi connectivity index (χ1n) is 3.48. The van der Waals surface area contributed by atoms with Crippen LogP contribution < -0.4 is 0 Å². The van der Waals surface area contributed by atoms with E-state index in [4.69, 9.17) is 0 Å². The highest BCUT2D eigenvalue weighted by Gasteiger charge is 2.18. The first-order valence-corrected chi connectivity index (χ1v) is 4.60. The second-order valence-corrected chi connectivity index (χ2v) is 3.71. The third kappa shape index (κ3) is 1.99. The average Bonchev–Trinajstić information content (AvgIpc) is 2.06. The second kappa shape index (κ2) is 3.30. The monoisotopic (exact) mass is 214 g/mol. The summed E-state index contributed by atoms with van der Waals surface area (Å²) < 4.78 is 0. The van der Waals surface area contributed by atoms with Gasteiger partial charge in [-0.15, -0.1) is 0 Å². The van der Waals surface area contributed by atoms with E-state index >= 15 is 0 Å². The number of hydrogen-bond donors (Lipinski definition) is 0. The van der Waals surface area contributed by atoms with Crippen LogP contribution in [0.3, 0.4) is 0 Å². The molecular formula is C8H11BrN2. The molecule has 0 saturated carbocycles. The van der Waals surface area contributed by atoms with E-state index in [2.05, 4.69) is 39.7 Å². The van der Waals surface area contributed by atoms with Crippen LogP contribution in [0.5, 0.6) is 0 Å². The van der Waals surface area contributed by atoms with Crippen LogP contribution in [-0.2, 0) is 5.41 Å². The summed E-state index contributed by atoms with van der Waals surface area (Å²) in [4.78, 5) is 7.93. The summed E-state index contributed by atoms with van der Waals surface area (Å²) in [6, 6.07) is 0. The molecule has 2 nitrogen and oxygen atoms in total. The summed E-state index contributed by atoms with van der Waals surface area (Å²) in [6.07, 6.45) is 5.26. The zero-order valence-electron chi connectivity index (χ0n) is 6.71. The molecule has 3 heteroatoms. The smallest absolute Gasteiger partial charge is 0.115 e. The Labute approximate surface area is 75.2 Å². The molecule has 1 aromatic rings. The summed E-state index contributed by atoms with van der Waals surface area (Å²) in [5.41, 5.74) is 1.29. The molecule has 0 atom stereocenters. The van der Waals surface area contributed by atoms with Gasteiger partial charge in [0.05, 0.1) is 0 Å². The molecule has 0 fully saturated rings. The van der Waals surface area contributed by atoms with E-state index in [1.54, 1.807) is 6.33 Å². The van der Waals surface area contributed by atoms with Crippen LogP contribution >= 0.6 is 15.9 Å². The van der Waals surface area contributed by atoms with Crippen molar-refractivity contribution in [1.82, 2.24) is 9.97 Å². The molecule has 0 bridgehead atoms. The van der Waals surface area contributed by atoms with Gasteiger partial charge in [0.1, 0.15) is 6.33 Å². The number of nitrogens with zero attached hydrogens (tertiary/aromatic N) is 2. The lowest BCUT2D eigenvalue weighted by Gasteiger charge is -2.20. The van der Waals surface area contributed by atoms with Crippen molar-refractivity contribution in [2.45, 2.75) is 19.3 Å². The van der Waals surface area contributed by atoms with Gasteiger partial charge in [0.2, 0.25) is 0 Å². The molecule has 0 N–H and O–H groups in total. The molecule has 0 saturated heterocycles. The van der Waals surface area contributed by atoms with Gasteiger partial charge in [-0.1, -0.05) is 29.8 Å². The maximum atomic E-state index is 3.97. The Hall–Kier alpha value is -0.440. The number of hydrogen-bond acceptors (Lipinski definition) is 2. The fourth-order valence-corrected chi connectivity index (χ4v) is 1.05. The van der Waals surface area contributed by atoms with Gasteiger partial charge in [-0.05, 0) is 5.56 Å². The maximum absolute atomic E-state index is 3.97. The van der Waals surface area contributed by atoms with Crippen molar-refractivity contribution in [2.24, 2.45) is 0 Å². The summed E-state index contributed by atoms with van der Waals surface area (Å²) in [5, 5.41) is 0.924. The van der Waals surface area contributed by atoms with E-state index in [0.717, 1.165) is 10.9 Å². The Balaban J connectivity index is 2.93. The fraction of sp³-hybridized carbons (Fsp3) is 0.500. The zero-order chi connectivity index (χ0) is 8.32. The Kier molecular flexibility index (Phi) is 2.60. The van der Waals surface area contributed by atoms with Gasteiger partial charge in [-0.2, -0.15) is 0 Å². The number of halogens is 1. The summed E-state index contributed by atoms with van der Waals surface area (Å²) in [7, 11) is 0. The van der Waals surface area contributed by atoms with Crippen molar-refractivity contribution in [1.29, 1.82) is 0 Å². The third-order valence-electron chi connectivity index (χ3n) is 1.68. The molecular weight excluding hydrogens is 204 g/mol. The Morgan fingerprint density at radius 3 is 2.36 bits per heavy atom. The minimum Gasteiger partial charge on any atom is -0.245 e. The molecule has 0 radical (unpaired) electrons. The van der Waals surface area contributed by atoms with Crippen LogP contribution in [0.2, 0.25) is 0 Å². The molecule has 11 heavy (non-hydrogen) atoms. The average molecular weight is 215 g/mol. The Bertz CT molecular complexity index is 221. The lowest BCUT2D eigenvalue weighted by molar-refractivity contribution is 0.600. The van der Waals surface area contributed by atoms with Crippen molar-refractivity contribution < 1.29 is 0 Å². The first kappa shape index (κ1) is 8.65. The second-order valence-electron chi connectivity index (χ2n) is 3.14. The van der Waals surface area contributed by atoms with Gasteiger partial charge in [-0.3, -0.25) is 0 Å². The number of aromatic nitrogens is 2. The lowest BCUT2D eigenvalue weighted by atomic mass is 9.89. The van der Waals surface area contributed by atoms with Crippen LogP contribution in [0.1, 0.15) is 19.4 Å². The summed E-state index contributed by atoms with van der Waals surface area (Å²) in [6.45, 7) is 4.31. The van der Waals surface area contributed by atoms with Gasteiger partial charge >= 0.3 is 0 Å². The highest BCUT2D eigenvalue weighted by atomic mass is 79.9. The van der Waals surface area contributed by atoms with Crippen LogP contribution in [0.4, 0.5) is 0 Å². The highest BCUT2D eigenvalue weighted by Crippen LogP contribution is 2.23. The predicted molar refractivity (Wildman–Crippen MR) is 48.9 cm³/mol. The highest BCUT2D eigenvalue weighted by molar-refractivity contribution is 9.09. The fourth-order valence-electron chi connectivity index (χ4n) is 0.726. The van der Waals surface area contributed by atoms with Gasteiger partial charge in [-0.25, -0.2) is 9.97 Å². The lowest BCUT2D eigenvalue weighted by Crippen LogP contribution is -2.19. The minimum atomic E-state index is 0.126. The SMILES string of the molecule is CC(C)(CBr)c1cncnc1. The van der Waals surface area contributed by atoms with Gasteiger partial charge in [0.25, 0.3) is 0 Å². The van der Waals surface area contributed by atoms with Crippen LogP contribution in [-0.4, -0.2) is 15.3 Å². The van der Waals surface area contributed by atoms with E-state index in [0.29, 0.717) is 0 Å². The molecule has 0 aliphatic carbocycles. The normalized spacial score (nSPS) is 11.5. The predicted octanol–water partition coefficient (Wildman–Crippen LogP) is 2.15. The van der Waals surface area contributed by atoms with E-state index in [1.807, 2.05) is 12.4 Å². The van der Waals surface area contributed by atoms with Gasteiger partial charge in [0, 0.05) is 23.1 Å². The van der Waals surface area contributed by atoms with Crippen LogP contribution in [0, 0.1) is 0 Å².